The van der Waals surface area contributed by atoms with Gasteiger partial charge in [0.1, 0.15) is 5.75 Å². The second-order valence-corrected chi connectivity index (χ2v) is 7.81. The van der Waals surface area contributed by atoms with Crippen LogP contribution in [0.25, 0.3) is 5.57 Å². The summed E-state index contributed by atoms with van der Waals surface area (Å²) >= 11 is 0. The summed E-state index contributed by atoms with van der Waals surface area (Å²) in [5, 5.41) is 22.7. The normalized spacial score (nSPS) is 22.2. The van der Waals surface area contributed by atoms with Crippen molar-refractivity contribution in [2.45, 2.75) is 44.1 Å². The van der Waals surface area contributed by atoms with Crippen molar-refractivity contribution < 1.29 is 32.9 Å². The van der Waals surface area contributed by atoms with E-state index in [0.717, 1.165) is 23.3 Å². The predicted octanol–water partition coefficient (Wildman–Crippen LogP) is 3.72. The monoisotopic (exact) mass is 433 g/mol. The van der Waals surface area contributed by atoms with E-state index in [2.05, 4.69) is 5.32 Å². The van der Waals surface area contributed by atoms with Gasteiger partial charge in [-0.3, -0.25) is 4.79 Å². The fourth-order valence-electron chi connectivity index (χ4n) is 4.03. The lowest BCUT2D eigenvalue weighted by Crippen LogP contribution is -2.35. The number of allylic oxidation sites excluding steroid dienone is 1. The fraction of sp³-hybridized carbons (Fsp3) is 0.348. The van der Waals surface area contributed by atoms with Crippen molar-refractivity contribution in [2.75, 3.05) is 11.9 Å². The number of amides is 1. The number of anilines is 1. The first-order valence-corrected chi connectivity index (χ1v) is 10.1. The maximum absolute atomic E-state index is 13.0. The van der Waals surface area contributed by atoms with Crippen LogP contribution in [0.4, 0.5) is 18.9 Å². The third kappa shape index (κ3) is 4.60. The van der Waals surface area contributed by atoms with E-state index in [9.17, 15) is 28.2 Å². The first-order chi connectivity index (χ1) is 14.7. The van der Waals surface area contributed by atoms with Gasteiger partial charge in [-0.15, -0.1) is 0 Å². The number of hydrogen-bond donors (Lipinski definition) is 3. The van der Waals surface area contributed by atoms with E-state index in [-0.39, 0.29) is 18.8 Å². The largest absolute Gasteiger partial charge is 0.493 e. The van der Waals surface area contributed by atoms with Crippen LogP contribution in [0.15, 0.2) is 42.5 Å². The molecule has 2 aromatic rings. The Kier molecular flexibility index (Phi) is 5.77. The molecule has 0 saturated heterocycles. The maximum atomic E-state index is 13.0. The summed E-state index contributed by atoms with van der Waals surface area (Å²) in [4.78, 5) is 12.7. The van der Waals surface area contributed by atoms with Gasteiger partial charge in [-0.1, -0.05) is 18.2 Å². The van der Waals surface area contributed by atoms with Crippen LogP contribution in [0, 0.1) is 0 Å². The minimum Gasteiger partial charge on any atom is -0.493 e. The van der Waals surface area contributed by atoms with Crippen LogP contribution in [0.5, 0.6) is 5.75 Å². The topological polar surface area (TPSA) is 78.8 Å². The van der Waals surface area contributed by atoms with Crippen molar-refractivity contribution in [3.8, 4) is 5.75 Å². The maximum Gasteiger partial charge on any atom is 0.416 e. The van der Waals surface area contributed by atoms with Gasteiger partial charge in [0.15, 0.2) is 0 Å². The van der Waals surface area contributed by atoms with Gasteiger partial charge in [0.2, 0.25) is 5.91 Å². The van der Waals surface area contributed by atoms with Crippen molar-refractivity contribution in [3.63, 3.8) is 0 Å². The van der Waals surface area contributed by atoms with E-state index in [1.165, 1.54) is 12.1 Å². The summed E-state index contributed by atoms with van der Waals surface area (Å²) in [6.07, 6.45) is -3.26. The Hall–Kier alpha value is -2.84. The van der Waals surface area contributed by atoms with Crippen molar-refractivity contribution >= 4 is 17.2 Å². The minimum atomic E-state index is -4.48. The quantitative estimate of drug-likeness (QED) is 0.631. The van der Waals surface area contributed by atoms with Gasteiger partial charge in [0, 0.05) is 30.2 Å². The minimum absolute atomic E-state index is 0.112. The SMILES string of the molecule is O=C(/C=C1\CCCOc2cc(C(F)(F)F)ccc21)Nc1cccc2c1C[C@@H](O)[C@@H](O)C2. The number of carbonyl (C=O) groups excluding carboxylic acids is 1. The molecule has 4 rings (SSSR count). The molecule has 0 bridgehead atoms. The Morgan fingerprint density at radius 1 is 1.13 bits per heavy atom. The third-order valence-corrected chi connectivity index (χ3v) is 5.63. The lowest BCUT2D eigenvalue weighted by molar-refractivity contribution is -0.137. The zero-order valence-corrected chi connectivity index (χ0v) is 16.6. The number of hydrogen-bond acceptors (Lipinski definition) is 4. The van der Waals surface area contributed by atoms with Crippen molar-refractivity contribution in [3.05, 3.63) is 64.7 Å². The molecule has 0 radical (unpaired) electrons. The number of aliphatic hydroxyl groups excluding tert-OH is 2. The van der Waals surface area contributed by atoms with Crippen molar-refractivity contribution in [2.24, 2.45) is 0 Å². The van der Waals surface area contributed by atoms with Gasteiger partial charge < -0.3 is 20.3 Å². The highest BCUT2D eigenvalue weighted by Crippen LogP contribution is 2.38. The van der Waals surface area contributed by atoms with Gasteiger partial charge in [-0.25, -0.2) is 0 Å². The molecule has 2 atom stereocenters. The molecule has 2 aromatic carbocycles. The molecule has 8 heteroatoms. The number of aliphatic hydroxyl groups is 2. The average molecular weight is 433 g/mol. The molecule has 2 aliphatic rings. The molecule has 0 unspecified atom stereocenters. The van der Waals surface area contributed by atoms with Gasteiger partial charge in [-0.05, 0) is 47.7 Å². The highest BCUT2D eigenvalue weighted by atomic mass is 19.4. The number of ether oxygens (including phenoxy) is 1. The Balaban J connectivity index is 1.60. The molecule has 5 nitrogen and oxygen atoms in total. The number of rotatable bonds is 2. The van der Waals surface area contributed by atoms with Crippen molar-refractivity contribution in [1.82, 2.24) is 0 Å². The molecular formula is C23H22F3NO4. The Morgan fingerprint density at radius 3 is 2.68 bits per heavy atom. The Labute approximate surface area is 177 Å². The van der Waals surface area contributed by atoms with E-state index < -0.39 is 29.9 Å². The molecule has 1 aliphatic carbocycles. The molecular weight excluding hydrogens is 411 g/mol. The molecule has 1 amide bonds. The van der Waals surface area contributed by atoms with E-state index in [4.69, 9.17) is 4.74 Å². The molecule has 0 saturated carbocycles. The summed E-state index contributed by atoms with van der Waals surface area (Å²) < 4.78 is 44.6. The van der Waals surface area contributed by atoms with Crippen LogP contribution in [0.1, 0.15) is 35.1 Å². The van der Waals surface area contributed by atoms with E-state index in [1.807, 2.05) is 6.07 Å². The molecule has 1 aliphatic heterocycles. The Morgan fingerprint density at radius 2 is 1.90 bits per heavy atom. The number of carbonyl (C=O) groups is 1. The molecule has 164 valence electrons. The number of halogens is 3. The van der Waals surface area contributed by atoms with Crippen LogP contribution in [-0.2, 0) is 23.8 Å². The van der Waals surface area contributed by atoms with Gasteiger partial charge in [0.25, 0.3) is 0 Å². The lowest BCUT2D eigenvalue weighted by atomic mass is 9.86. The second-order valence-electron chi connectivity index (χ2n) is 7.81. The summed E-state index contributed by atoms with van der Waals surface area (Å²) in [5.74, 6) is -0.308. The molecule has 0 fully saturated rings. The number of alkyl halides is 3. The van der Waals surface area contributed by atoms with Gasteiger partial charge in [-0.2, -0.15) is 13.2 Å². The molecule has 3 N–H and O–H groups in total. The van der Waals surface area contributed by atoms with Crippen LogP contribution in [0.2, 0.25) is 0 Å². The highest BCUT2D eigenvalue weighted by Gasteiger charge is 2.32. The smallest absolute Gasteiger partial charge is 0.416 e. The zero-order valence-electron chi connectivity index (χ0n) is 16.6. The highest BCUT2D eigenvalue weighted by molar-refractivity contribution is 6.04. The predicted molar refractivity (Wildman–Crippen MR) is 109 cm³/mol. The molecule has 1 heterocycles. The van der Waals surface area contributed by atoms with Gasteiger partial charge >= 0.3 is 6.18 Å². The number of benzene rings is 2. The molecule has 31 heavy (non-hydrogen) atoms. The van der Waals surface area contributed by atoms with Crippen LogP contribution in [-0.4, -0.2) is 34.9 Å². The lowest BCUT2D eigenvalue weighted by Gasteiger charge is -2.27. The third-order valence-electron chi connectivity index (χ3n) is 5.63. The molecule has 0 spiro atoms. The van der Waals surface area contributed by atoms with Crippen LogP contribution < -0.4 is 10.1 Å². The standard InChI is InChI=1S/C23H22F3NO4/c24-23(25,26)15-6-7-16-14(4-2-8-31-21(16)11-15)10-22(30)27-18-5-1-3-13-9-19(28)20(29)12-17(13)18/h1,3,5-7,10-11,19-20,28-29H,2,4,8-9,12H2,(H,27,30)/b14-10+/t19-,20+/m0/s1. The van der Waals surface area contributed by atoms with Crippen LogP contribution >= 0.6 is 0 Å². The summed E-state index contributed by atoms with van der Waals surface area (Å²) in [6.45, 7) is 0.264. The second kappa shape index (κ2) is 8.36. The van der Waals surface area contributed by atoms with E-state index in [0.29, 0.717) is 36.1 Å². The average Bonchev–Trinajstić information content (AvgIpc) is 2.90. The summed E-state index contributed by atoms with van der Waals surface area (Å²) in [6, 6.07) is 8.62. The zero-order chi connectivity index (χ0) is 22.2. The van der Waals surface area contributed by atoms with E-state index in [1.54, 1.807) is 12.1 Å². The summed E-state index contributed by atoms with van der Waals surface area (Å²) in [5.41, 5.74) is 2.44. The van der Waals surface area contributed by atoms with E-state index >= 15 is 0 Å². The van der Waals surface area contributed by atoms with Crippen molar-refractivity contribution in [1.29, 1.82) is 0 Å². The first kappa shape index (κ1) is 21.4. The summed E-state index contributed by atoms with van der Waals surface area (Å²) in [7, 11) is 0. The first-order valence-electron chi connectivity index (χ1n) is 10.1. The molecule has 0 aromatic heterocycles. The Bertz CT molecular complexity index is 1030. The fourth-order valence-corrected chi connectivity index (χ4v) is 4.03. The van der Waals surface area contributed by atoms with Gasteiger partial charge in [0.05, 0.1) is 24.4 Å². The van der Waals surface area contributed by atoms with Crippen LogP contribution in [0.3, 0.4) is 0 Å². The number of nitrogens with one attached hydrogen (secondary N) is 1. The number of fused-ring (bicyclic) bond motifs is 2.